The van der Waals surface area contributed by atoms with Crippen LogP contribution < -0.4 is 11.4 Å². The summed E-state index contributed by atoms with van der Waals surface area (Å²) in [5, 5.41) is 9.74. The fraction of sp³-hybridized carbons (Fsp3) is 0.300. The molecule has 80 valence electrons. The summed E-state index contributed by atoms with van der Waals surface area (Å²) in [6, 6.07) is 4.88. The zero-order valence-electron chi connectivity index (χ0n) is 8.32. The molecule has 5 heteroatoms. The molecule has 1 heterocycles. The highest BCUT2D eigenvalue weighted by Crippen LogP contribution is 2.18. The van der Waals surface area contributed by atoms with Crippen molar-refractivity contribution in [3.05, 3.63) is 34.2 Å². The third-order valence-electron chi connectivity index (χ3n) is 2.38. The number of benzene rings is 1. The summed E-state index contributed by atoms with van der Waals surface area (Å²) in [5.74, 6) is 0. The third kappa shape index (κ3) is 1.79. The van der Waals surface area contributed by atoms with E-state index >= 15 is 0 Å². The van der Waals surface area contributed by atoms with E-state index in [1.54, 1.807) is 25.1 Å². The van der Waals surface area contributed by atoms with Crippen LogP contribution in [-0.2, 0) is 0 Å². The predicted octanol–water partition coefficient (Wildman–Crippen LogP) is 0.237. The Morgan fingerprint density at radius 1 is 1.33 bits per heavy atom. The number of H-pyrrole nitrogens is 2. The van der Waals surface area contributed by atoms with Crippen molar-refractivity contribution in [1.29, 1.82) is 0 Å². The van der Waals surface area contributed by atoms with Crippen LogP contribution in [0.2, 0.25) is 0 Å². The van der Waals surface area contributed by atoms with Crippen LogP contribution in [0.15, 0.2) is 23.0 Å². The normalized spacial score (nSPS) is 15.4. The topological polar surface area (TPSA) is 94.9 Å². The molecule has 2 unspecified atom stereocenters. The van der Waals surface area contributed by atoms with Gasteiger partial charge in [-0.05, 0) is 24.6 Å². The summed E-state index contributed by atoms with van der Waals surface area (Å²) in [6.45, 7) is 1.73. The van der Waals surface area contributed by atoms with Crippen LogP contribution in [0.4, 0.5) is 0 Å². The van der Waals surface area contributed by atoms with Crippen LogP contribution in [0.1, 0.15) is 18.6 Å². The number of rotatable bonds is 2. The first-order valence-electron chi connectivity index (χ1n) is 4.73. The molecule has 5 nitrogen and oxygen atoms in total. The number of aromatic amines is 2. The molecule has 2 rings (SSSR count). The highest BCUT2D eigenvalue weighted by atomic mass is 16.3. The first-order chi connectivity index (χ1) is 7.08. The smallest absolute Gasteiger partial charge is 0.323 e. The summed E-state index contributed by atoms with van der Waals surface area (Å²) in [6.07, 6.45) is -0.715. The molecule has 0 saturated carbocycles. The van der Waals surface area contributed by atoms with Gasteiger partial charge in [-0.2, -0.15) is 0 Å². The lowest BCUT2D eigenvalue weighted by Crippen LogP contribution is -2.24. The van der Waals surface area contributed by atoms with Crippen LogP contribution in [-0.4, -0.2) is 21.1 Å². The molecule has 0 aliphatic rings. The number of aromatic nitrogens is 2. The van der Waals surface area contributed by atoms with Crippen LogP contribution >= 0.6 is 0 Å². The van der Waals surface area contributed by atoms with E-state index in [4.69, 9.17) is 5.73 Å². The zero-order valence-corrected chi connectivity index (χ0v) is 8.32. The lowest BCUT2D eigenvalue weighted by atomic mass is 10.0. The second kappa shape index (κ2) is 3.52. The van der Waals surface area contributed by atoms with Gasteiger partial charge >= 0.3 is 5.69 Å². The van der Waals surface area contributed by atoms with Crippen molar-refractivity contribution in [2.75, 3.05) is 0 Å². The van der Waals surface area contributed by atoms with Gasteiger partial charge in [-0.1, -0.05) is 6.07 Å². The van der Waals surface area contributed by atoms with Crippen LogP contribution in [0.5, 0.6) is 0 Å². The van der Waals surface area contributed by atoms with Crippen molar-refractivity contribution in [2.24, 2.45) is 5.73 Å². The Labute approximate surface area is 85.9 Å². The SMILES string of the molecule is CC(N)C(O)c1ccc2[nH]c(=O)[nH]c2c1. The standard InChI is InChI=1S/C10H13N3O2/c1-5(11)9(14)6-2-3-7-8(4-6)13-10(15)12-7/h2-5,9,14H,11H2,1H3,(H2,12,13,15). The van der Waals surface area contributed by atoms with Gasteiger partial charge in [0.05, 0.1) is 17.1 Å². The summed E-state index contributed by atoms with van der Waals surface area (Å²) in [7, 11) is 0. The van der Waals surface area contributed by atoms with Gasteiger partial charge in [0.25, 0.3) is 0 Å². The fourth-order valence-corrected chi connectivity index (χ4v) is 1.54. The maximum Gasteiger partial charge on any atom is 0.323 e. The molecule has 0 aliphatic carbocycles. The minimum Gasteiger partial charge on any atom is -0.387 e. The van der Waals surface area contributed by atoms with E-state index < -0.39 is 6.10 Å². The Hall–Kier alpha value is -1.59. The second-order valence-corrected chi connectivity index (χ2v) is 3.69. The first kappa shape index (κ1) is 9.95. The van der Waals surface area contributed by atoms with E-state index in [0.29, 0.717) is 11.1 Å². The summed E-state index contributed by atoms with van der Waals surface area (Å²) in [4.78, 5) is 16.3. The van der Waals surface area contributed by atoms with Crippen molar-refractivity contribution in [3.63, 3.8) is 0 Å². The Morgan fingerprint density at radius 2 is 2.00 bits per heavy atom. The highest BCUT2D eigenvalue weighted by Gasteiger charge is 2.12. The van der Waals surface area contributed by atoms with E-state index in [9.17, 15) is 9.90 Å². The summed E-state index contributed by atoms with van der Waals surface area (Å²) in [5.41, 5.74) is 7.44. The molecule has 0 bridgehead atoms. The van der Waals surface area contributed by atoms with Gasteiger partial charge < -0.3 is 20.8 Å². The Kier molecular flexibility index (Phi) is 2.34. The average Bonchev–Trinajstić information content (AvgIpc) is 2.55. The van der Waals surface area contributed by atoms with Crippen molar-refractivity contribution in [2.45, 2.75) is 19.1 Å². The Morgan fingerprint density at radius 3 is 2.67 bits per heavy atom. The zero-order chi connectivity index (χ0) is 11.0. The number of imidazole rings is 1. The van der Waals surface area contributed by atoms with Crippen LogP contribution in [0, 0.1) is 0 Å². The molecule has 0 spiro atoms. The second-order valence-electron chi connectivity index (χ2n) is 3.69. The quantitative estimate of drug-likeness (QED) is 0.568. The van der Waals surface area contributed by atoms with Crippen molar-refractivity contribution >= 4 is 11.0 Å². The van der Waals surface area contributed by atoms with E-state index in [1.807, 2.05) is 0 Å². The average molecular weight is 207 g/mol. The Bertz CT molecular complexity index is 527. The molecule has 0 saturated heterocycles. The van der Waals surface area contributed by atoms with Crippen molar-refractivity contribution in [1.82, 2.24) is 9.97 Å². The maximum absolute atomic E-state index is 11.0. The van der Waals surface area contributed by atoms with Gasteiger partial charge in [0, 0.05) is 6.04 Å². The van der Waals surface area contributed by atoms with E-state index in [1.165, 1.54) is 0 Å². The van der Waals surface area contributed by atoms with Gasteiger partial charge in [-0.3, -0.25) is 0 Å². The number of nitrogens with one attached hydrogen (secondary N) is 2. The lowest BCUT2D eigenvalue weighted by Gasteiger charge is -2.14. The molecule has 0 amide bonds. The summed E-state index contributed by atoms with van der Waals surface area (Å²) < 4.78 is 0. The lowest BCUT2D eigenvalue weighted by molar-refractivity contribution is 0.153. The van der Waals surface area contributed by atoms with Gasteiger partial charge in [-0.15, -0.1) is 0 Å². The van der Waals surface area contributed by atoms with Gasteiger partial charge in [0.1, 0.15) is 0 Å². The minimum absolute atomic E-state index is 0.252. The van der Waals surface area contributed by atoms with E-state index in [-0.39, 0.29) is 11.7 Å². The van der Waals surface area contributed by atoms with Crippen LogP contribution in [0.25, 0.3) is 11.0 Å². The number of aliphatic hydroxyl groups excluding tert-OH is 1. The van der Waals surface area contributed by atoms with Gasteiger partial charge in [-0.25, -0.2) is 4.79 Å². The number of hydrogen-bond acceptors (Lipinski definition) is 3. The predicted molar refractivity (Wildman–Crippen MR) is 57.5 cm³/mol. The molecule has 1 aromatic carbocycles. The molecule has 0 fully saturated rings. The van der Waals surface area contributed by atoms with E-state index in [2.05, 4.69) is 9.97 Å². The number of fused-ring (bicyclic) bond motifs is 1. The molecular formula is C10H13N3O2. The van der Waals surface area contributed by atoms with Crippen molar-refractivity contribution in [3.8, 4) is 0 Å². The summed E-state index contributed by atoms with van der Waals surface area (Å²) >= 11 is 0. The van der Waals surface area contributed by atoms with E-state index in [0.717, 1.165) is 5.52 Å². The van der Waals surface area contributed by atoms with Gasteiger partial charge in [0.2, 0.25) is 0 Å². The molecule has 2 atom stereocenters. The highest BCUT2D eigenvalue weighted by molar-refractivity contribution is 5.75. The van der Waals surface area contributed by atoms with Crippen molar-refractivity contribution < 1.29 is 5.11 Å². The molecule has 5 N–H and O–H groups in total. The molecule has 2 aromatic rings. The maximum atomic E-state index is 11.0. The Balaban J connectivity index is 2.50. The fourth-order valence-electron chi connectivity index (χ4n) is 1.54. The monoisotopic (exact) mass is 207 g/mol. The minimum atomic E-state index is -0.715. The first-order valence-corrected chi connectivity index (χ1v) is 4.73. The molecular weight excluding hydrogens is 194 g/mol. The number of hydrogen-bond donors (Lipinski definition) is 4. The number of aliphatic hydroxyl groups is 1. The largest absolute Gasteiger partial charge is 0.387 e. The molecule has 0 aliphatic heterocycles. The third-order valence-corrected chi connectivity index (χ3v) is 2.38. The molecule has 0 radical (unpaired) electrons. The van der Waals surface area contributed by atoms with Crippen LogP contribution in [0.3, 0.4) is 0 Å². The van der Waals surface area contributed by atoms with Gasteiger partial charge in [0.15, 0.2) is 0 Å². The molecule has 1 aromatic heterocycles. The molecule has 15 heavy (non-hydrogen) atoms. The number of nitrogens with two attached hydrogens (primary N) is 1.